The van der Waals surface area contributed by atoms with E-state index < -0.39 is 0 Å². The van der Waals surface area contributed by atoms with E-state index in [1.165, 1.54) is 44.9 Å². The molecule has 0 aromatic heterocycles. The quantitative estimate of drug-likeness (QED) is 0.479. The molecule has 0 unspecified atom stereocenters. The van der Waals surface area contributed by atoms with Crippen molar-refractivity contribution in [3.8, 4) is 0 Å². The normalized spacial score (nSPS) is 6.00. The molecule has 0 spiro atoms. The van der Waals surface area contributed by atoms with E-state index in [0.717, 1.165) is 0 Å². The van der Waals surface area contributed by atoms with Crippen LogP contribution in [0.2, 0.25) is 0 Å². The molecule has 0 heterocycles. The first-order chi connectivity index (χ1) is 7.16. The molecule has 0 bridgehead atoms. The van der Waals surface area contributed by atoms with E-state index in [9.17, 15) is 0 Å². The van der Waals surface area contributed by atoms with Crippen LogP contribution in [0.4, 0.5) is 0 Å². The Balaban J connectivity index is -0.0000000174. The van der Waals surface area contributed by atoms with Crippen molar-refractivity contribution in [1.82, 2.24) is 0 Å². The summed E-state index contributed by atoms with van der Waals surface area (Å²) < 4.78 is 0. The highest BCUT2D eigenvalue weighted by Gasteiger charge is 1.68. The zero-order valence-electron chi connectivity index (χ0n) is 12.9. The Morgan fingerprint density at radius 2 is 0.556 bits per heavy atom. The van der Waals surface area contributed by atoms with Gasteiger partial charge in [-0.25, -0.2) is 0 Å². The van der Waals surface area contributed by atoms with Crippen LogP contribution in [0.25, 0.3) is 0 Å². The van der Waals surface area contributed by atoms with Gasteiger partial charge in [0.25, 0.3) is 0 Å². The molecule has 0 radical (unpaired) electrons. The number of rotatable bonds is 3. The third-order valence-corrected chi connectivity index (χ3v) is 1.21. The third-order valence-electron chi connectivity index (χ3n) is 1.21. The molecular weight excluding hydrogens is 216 g/mol. The smallest absolute Gasteiger partial charge is 0.0538 e. The summed E-state index contributed by atoms with van der Waals surface area (Å²) in [6.45, 7) is 17.3. The average molecular weight is 267 g/mol. The molecule has 0 aliphatic heterocycles. The molecule has 122 valence electrons. The third kappa shape index (κ3) is 400. The molecular formula is C18H50. The molecule has 0 saturated carbocycles. The SMILES string of the molecule is C.C.C.CCC.CCC.CCCC.CCCCC. The Kier molecular flexibility index (Phi) is 212. The molecule has 0 N–H and O–H groups in total. The van der Waals surface area contributed by atoms with E-state index in [-0.39, 0.29) is 22.3 Å². The van der Waals surface area contributed by atoms with Crippen LogP contribution in [0.3, 0.4) is 0 Å². The minimum Gasteiger partial charge on any atom is -0.0776 e. The van der Waals surface area contributed by atoms with Gasteiger partial charge in [-0.2, -0.15) is 0 Å². The predicted molar refractivity (Wildman–Crippen MR) is 97.9 cm³/mol. The second-order valence-corrected chi connectivity index (χ2v) is 3.77. The second-order valence-electron chi connectivity index (χ2n) is 3.77. The van der Waals surface area contributed by atoms with Gasteiger partial charge in [0.2, 0.25) is 0 Å². The van der Waals surface area contributed by atoms with Gasteiger partial charge in [0.1, 0.15) is 0 Å². The second kappa shape index (κ2) is 88.8. The zero-order chi connectivity index (χ0) is 12.9. The number of hydrogen-bond donors (Lipinski definition) is 0. The van der Waals surface area contributed by atoms with Crippen LogP contribution in [0.1, 0.15) is 123 Å². The lowest BCUT2D eigenvalue weighted by Crippen LogP contribution is -1.59. The van der Waals surface area contributed by atoms with E-state index in [4.69, 9.17) is 0 Å². The summed E-state index contributed by atoms with van der Waals surface area (Å²) in [6, 6.07) is 0. The molecule has 0 aromatic carbocycles. The van der Waals surface area contributed by atoms with Crippen LogP contribution in [0, 0.1) is 0 Å². The number of unbranched alkanes of at least 4 members (excludes halogenated alkanes) is 3. The van der Waals surface area contributed by atoms with Gasteiger partial charge in [0, 0.05) is 0 Å². The Morgan fingerprint density at radius 1 is 0.389 bits per heavy atom. The lowest BCUT2D eigenvalue weighted by Gasteiger charge is -1.79. The fourth-order valence-corrected chi connectivity index (χ4v) is 0.354. The van der Waals surface area contributed by atoms with Crippen molar-refractivity contribution in [2.75, 3.05) is 0 Å². The minimum absolute atomic E-state index is 0. The van der Waals surface area contributed by atoms with Crippen molar-refractivity contribution in [3.05, 3.63) is 0 Å². The zero-order valence-corrected chi connectivity index (χ0v) is 12.9. The summed E-state index contributed by atoms with van der Waals surface area (Å²) >= 11 is 0. The van der Waals surface area contributed by atoms with Crippen LogP contribution in [0.5, 0.6) is 0 Å². The Morgan fingerprint density at radius 3 is 0.556 bits per heavy atom. The molecule has 0 saturated heterocycles. The molecule has 0 fully saturated rings. The van der Waals surface area contributed by atoms with E-state index in [1.54, 1.807) is 0 Å². The highest BCUT2D eigenvalue weighted by atomic mass is 13.7. The van der Waals surface area contributed by atoms with E-state index >= 15 is 0 Å². The topological polar surface area (TPSA) is 0 Å². The molecule has 0 atom stereocenters. The summed E-state index contributed by atoms with van der Waals surface area (Å²) in [5, 5.41) is 0. The molecule has 0 amide bonds. The maximum Gasteiger partial charge on any atom is -0.0538 e. The Bertz CT molecular complexity index is 33.3. The molecule has 0 rings (SSSR count). The summed E-state index contributed by atoms with van der Waals surface area (Å²) in [5.74, 6) is 0. The molecule has 0 aromatic rings. The summed E-state index contributed by atoms with van der Waals surface area (Å²) in [7, 11) is 0. The van der Waals surface area contributed by atoms with Gasteiger partial charge in [0.05, 0.1) is 0 Å². The van der Waals surface area contributed by atoms with Gasteiger partial charge < -0.3 is 0 Å². The first-order valence-corrected chi connectivity index (χ1v) is 7.16. The van der Waals surface area contributed by atoms with Crippen LogP contribution in [0.15, 0.2) is 0 Å². The van der Waals surface area contributed by atoms with Crippen LogP contribution < -0.4 is 0 Å². The molecule has 0 aliphatic rings. The Labute approximate surface area is 123 Å². The summed E-state index contributed by atoms with van der Waals surface area (Å²) in [4.78, 5) is 0. The fraction of sp³-hybridized carbons (Fsp3) is 1.00. The van der Waals surface area contributed by atoms with Gasteiger partial charge in [0.15, 0.2) is 0 Å². The standard InChI is InChI=1S/C5H12.C4H10.2C3H8.3CH4/c1-3-5-4-2;1-3-4-2;2*1-3-2;;;/h3-5H2,1-2H3;3-4H2,1-2H3;2*3H2,1-2H3;3*1H4. The van der Waals surface area contributed by atoms with Crippen molar-refractivity contribution in [1.29, 1.82) is 0 Å². The highest BCUT2D eigenvalue weighted by Crippen LogP contribution is 1.88. The van der Waals surface area contributed by atoms with Crippen LogP contribution in [-0.4, -0.2) is 0 Å². The van der Waals surface area contributed by atoms with Gasteiger partial charge >= 0.3 is 0 Å². The predicted octanol–water partition coefficient (Wildman–Crippen LogP) is 8.74. The van der Waals surface area contributed by atoms with Crippen molar-refractivity contribution in [2.45, 2.75) is 123 Å². The lowest BCUT2D eigenvalue weighted by atomic mass is 10.3. The molecule has 0 heteroatoms. The van der Waals surface area contributed by atoms with E-state index in [1.807, 2.05) is 0 Å². The van der Waals surface area contributed by atoms with Crippen molar-refractivity contribution >= 4 is 0 Å². The van der Waals surface area contributed by atoms with Crippen molar-refractivity contribution in [3.63, 3.8) is 0 Å². The van der Waals surface area contributed by atoms with Gasteiger partial charge in [-0.3, -0.25) is 0 Å². The summed E-state index contributed by atoms with van der Waals surface area (Å²) in [6.07, 6.45) is 9.22. The number of hydrogen-bond acceptors (Lipinski definition) is 0. The first-order valence-electron chi connectivity index (χ1n) is 7.16. The maximum absolute atomic E-state index is 2.21. The largest absolute Gasteiger partial charge is 0.0776 e. The highest BCUT2D eigenvalue weighted by molar-refractivity contribution is 4.24. The van der Waals surface area contributed by atoms with Crippen LogP contribution >= 0.6 is 0 Å². The maximum atomic E-state index is 2.21. The van der Waals surface area contributed by atoms with E-state index in [2.05, 4.69) is 55.4 Å². The minimum atomic E-state index is 0. The summed E-state index contributed by atoms with van der Waals surface area (Å²) in [5.41, 5.74) is 0. The fourth-order valence-electron chi connectivity index (χ4n) is 0.354. The van der Waals surface area contributed by atoms with Crippen LogP contribution in [-0.2, 0) is 0 Å². The van der Waals surface area contributed by atoms with E-state index in [0.29, 0.717) is 0 Å². The molecule has 18 heavy (non-hydrogen) atoms. The van der Waals surface area contributed by atoms with Gasteiger partial charge in [-0.1, -0.05) is 123 Å². The molecule has 0 nitrogen and oxygen atoms in total. The lowest BCUT2D eigenvalue weighted by molar-refractivity contribution is 0.772. The van der Waals surface area contributed by atoms with Gasteiger partial charge in [-0.15, -0.1) is 0 Å². The monoisotopic (exact) mass is 266 g/mol. The van der Waals surface area contributed by atoms with Gasteiger partial charge in [-0.05, 0) is 0 Å². The molecule has 0 aliphatic carbocycles. The van der Waals surface area contributed by atoms with Crippen molar-refractivity contribution < 1.29 is 0 Å². The first kappa shape index (κ1) is 43.0. The van der Waals surface area contributed by atoms with Crippen molar-refractivity contribution in [2.24, 2.45) is 0 Å². The average Bonchev–Trinajstić information content (AvgIpc) is 2.22. The Hall–Kier alpha value is 0.